The van der Waals surface area contributed by atoms with E-state index in [1.54, 1.807) is 4.52 Å². The molecule has 0 unspecified atom stereocenters. The number of aromatic nitrogens is 3. The molecule has 24 heavy (non-hydrogen) atoms. The van der Waals surface area contributed by atoms with Gasteiger partial charge in [-0.25, -0.2) is 9.31 Å². The van der Waals surface area contributed by atoms with Crippen molar-refractivity contribution in [3.63, 3.8) is 0 Å². The van der Waals surface area contributed by atoms with Gasteiger partial charge >= 0.3 is 6.09 Å². The monoisotopic (exact) mass is 332 g/mol. The Balaban J connectivity index is 1.57. The van der Waals surface area contributed by atoms with Crippen LogP contribution in [0.2, 0.25) is 0 Å². The molecular formula is C16H24N6O2. The molecule has 0 bridgehead atoms. The van der Waals surface area contributed by atoms with Gasteiger partial charge in [-0.2, -0.15) is 4.98 Å². The quantitative estimate of drug-likeness (QED) is 0.870. The summed E-state index contributed by atoms with van der Waals surface area (Å²) in [6, 6.07) is 4.07. The standard InChI is InChI=1S/C16H24N6O2/c1-16(2,3)24-15(23)18-11-6-8-21(9-7-11)12-4-5-13-19-14(17)20-22(13)10-12/h4-5,10-11H,6-9H2,1-3H3,(H2,17,20)(H,18,23). The first-order valence-corrected chi connectivity index (χ1v) is 8.16. The lowest BCUT2D eigenvalue weighted by atomic mass is 10.0. The van der Waals surface area contributed by atoms with Crippen molar-refractivity contribution in [1.29, 1.82) is 0 Å². The molecule has 1 fully saturated rings. The van der Waals surface area contributed by atoms with E-state index in [0.717, 1.165) is 37.3 Å². The number of nitrogens with two attached hydrogens (primary N) is 1. The molecule has 8 heteroatoms. The Bertz CT molecular complexity index is 728. The van der Waals surface area contributed by atoms with Crippen LogP contribution in [-0.4, -0.2) is 45.4 Å². The van der Waals surface area contributed by atoms with Crippen LogP contribution in [0.15, 0.2) is 18.3 Å². The molecule has 8 nitrogen and oxygen atoms in total. The van der Waals surface area contributed by atoms with Crippen LogP contribution < -0.4 is 16.0 Å². The third kappa shape index (κ3) is 3.87. The van der Waals surface area contributed by atoms with Gasteiger partial charge in [0, 0.05) is 19.1 Å². The number of hydrogen-bond acceptors (Lipinski definition) is 6. The van der Waals surface area contributed by atoms with Crippen LogP contribution >= 0.6 is 0 Å². The molecule has 130 valence electrons. The highest BCUT2D eigenvalue weighted by atomic mass is 16.6. The van der Waals surface area contributed by atoms with Gasteiger partial charge in [-0.1, -0.05) is 0 Å². The zero-order valence-electron chi connectivity index (χ0n) is 14.3. The molecule has 0 radical (unpaired) electrons. The first-order chi connectivity index (χ1) is 11.3. The molecule has 3 heterocycles. The number of rotatable bonds is 2. The summed E-state index contributed by atoms with van der Waals surface area (Å²) in [7, 11) is 0. The average molecular weight is 332 g/mol. The van der Waals surface area contributed by atoms with Crippen molar-refractivity contribution >= 4 is 23.4 Å². The Hall–Kier alpha value is -2.51. The Morgan fingerprint density at radius 3 is 2.71 bits per heavy atom. The second-order valence-corrected chi connectivity index (χ2v) is 7.07. The number of nitrogen functional groups attached to an aromatic ring is 1. The van der Waals surface area contributed by atoms with Crippen molar-refractivity contribution in [3.05, 3.63) is 18.3 Å². The highest BCUT2D eigenvalue weighted by Crippen LogP contribution is 2.21. The highest BCUT2D eigenvalue weighted by molar-refractivity contribution is 5.68. The fourth-order valence-corrected chi connectivity index (χ4v) is 2.83. The van der Waals surface area contributed by atoms with Gasteiger partial charge in [0.25, 0.3) is 0 Å². The van der Waals surface area contributed by atoms with Gasteiger partial charge in [-0.3, -0.25) is 0 Å². The van der Waals surface area contributed by atoms with Crippen LogP contribution in [-0.2, 0) is 4.74 Å². The molecule has 0 aliphatic carbocycles. The summed E-state index contributed by atoms with van der Waals surface area (Å²) in [5.41, 5.74) is 6.95. The molecule has 3 N–H and O–H groups in total. The number of amides is 1. The van der Waals surface area contributed by atoms with Crippen molar-refractivity contribution in [3.8, 4) is 0 Å². The Kier molecular flexibility index (Phi) is 4.21. The van der Waals surface area contributed by atoms with E-state index in [1.165, 1.54) is 0 Å². The number of anilines is 2. The van der Waals surface area contributed by atoms with Gasteiger partial charge in [0.05, 0.1) is 11.9 Å². The summed E-state index contributed by atoms with van der Waals surface area (Å²) in [5, 5.41) is 7.09. The third-order valence-corrected chi connectivity index (χ3v) is 3.91. The number of fused-ring (bicyclic) bond motifs is 1. The normalized spacial score (nSPS) is 16.4. The molecule has 2 aromatic heterocycles. The fraction of sp³-hybridized carbons (Fsp3) is 0.562. The fourth-order valence-electron chi connectivity index (χ4n) is 2.83. The molecule has 1 aliphatic heterocycles. The number of nitrogens with one attached hydrogen (secondary N) is 1. The van der Waals surface area contributed by atoms with E-state index in [0.29, 0.717) is 0 Å². The van der Waals surface area contributed by atoms with Crippen LogP contribution in [0.3, 0.4) is 0 Å². The van der Waals surface area contributed by atoms with E-state index >= 15 is 0 Å². The van der Waals surface area contributed by atoms with Gasteiger partial charge in [-0.15, -0.1) is 5.10 Å². The van der Waals surface area contributed by atoms with Crippen molar-refractivity contribution in [1.82, 2.24) is 19.9 Å². The predicted molar refractivity (Wildman–Crippen MR) is 92.0 cm³/mol. The molecule has 2 aromatic rings. The van der Waals surface area contributed by atoms with Gasteiger partial charge in [0.2, 0.25) is 5.95 Å². The Morgan fingerprint density at radius 2 is 2.04 bits per heavy atom. The third-order valence-electron chi connectivity index (χ3n) is 3.91. The lowest BCUT2D eigenvalue weighted by Crippen LogP contribution is -2.46. The van der Waals surface area contributed by atoms with Gasteiger partial charge in [0.1, 0.15) is 5.60 Å². The number of ether oxygens (including phenoxy) is 1. The first kappa shape index (κ1) is 16.4. The van der Waals surface area contributed by atoms with E-state index in [4.69, 9.17) is 10.5 Å². The highest BCUT2D eigenvalue weighted by Gasteiger charge is 2.24. The molecule has 1 aliphatic rings. The van der Waals surface area contributed by atoms with Crippen molar-refractivity contribution < 1.29 is 9.53 Å². The summed E-state index contributed by atoms with van der Waals surface area (Å²) < 4.78 is 7.00. The summed E-state index contributed by atoms with van der Waals surface area (Å²) in [4.78, 5) is 18.2. The average Bonchev–Trinajstić information content (AvgIpc) is 2.85. The second kappa shape index (κ2) is 6.18. The van der Waals surface area contributed by atoms with E-state index in [1.807, 2.05) is 39.1 Å². The number of piperidine rings is 1. The zero-order chi connectivity index (χ0) is 17.3. The van der Waals surface area contributed by atoms with Crippen LogP contribution in [0.4, 0.5) is 16.4 Å². The van der Waals surface area contributed by atoms with Gasteiger partial charge < -0.3 is 20.7 Å². The van der Waals surface area contributed by atoms with Crippen LogP contribution in [0.1, 0.15) is 33.6 Å². The molecule has 3 rings (SSSR count). The minimum atomic E-state index is -0.472. The lowest BCUT2D eigenvalue weighted by molar-refractivity contribution is 0.0497. The lowest BCUT2D eigenvalue weighted by Gasteiger charge is -2.34. The van der Waals surface area contributed by atoms with E-state index < -0.39 is 5.60 Å². The SMILES string of the molecule is CC(C)(C)OC(=O)NC1CCN(c2ccc3nc(N)nn3c2)CC1. The molecule has 1 saturated heterocycles. The molecule has 1 amide bonds. The number of carbonyl (C=O) groups is 1. The summed E-state index contributed by atoms with van der Waals surface area (Å²) in [6.45, 7) is 7.30. The number of nitrogens with zero attached hydrogens (tertiary/aromatic N) is 4. The largest absolute Gasteiger partial charge is 0.444 e. The van der Waals surface area contributed by atoms with Gasteiger partial charge in [0.15, 0.2) is 5.65 Å². The maximum Gasteiger partial charge on any atom is 0.407 e. The molecule has 0 saturated carbocycles. The maximum atomic E-state index is 11.8. The zero-order valence-corrected chi connectivity index (χ0v) is 14.3. The molecule has 0 spiro atoms. The maximum absolute atomic E-state index is 11.8. The number of alkyl carbamates (subject to hydrolysis) is 1. The summed E-state index contributed by atoms with van der Waals surface area (Å²) >= 11 is 0. The summed E-state index contributed by atoms with van der Waals surface area (Å²) in [5.74, 6) is 0.271. The number of carbonyl (C=O) groups excluding carboxylic acids is 1. The van der Waals surface area contributed by atoms with Crippen molar-refractivity contribution in [2.45, 2.75) is 45.3 Å². The smallest absolute Gasteiger partial charge is 0.407 e. The van der Waals surface area contributed by atoms with Crippen molar-refractivity contribution in [2.24, 2.45) is 0 Å². The van der Waals surface area contributed by atoms with Crippen LogP contribution in [0.5, 0.6) is 0 Å². The predicted octanol–water partition coefficient (Wildman–Crippen LogP) is 1.80. The second-order valence-electron chi connectivity index (χ2n) is 7.07. The minimum absolute atomic E-state index is 0.141. The first-order valence-electron chi connectivity index (χ1n) is 8.16. The van der Waals surface area contributed by atoms with Crippen molar-refractivity contribution in [2.75, 3.05) is 23.7 Å². The van der Waals surface area contributed by atoms with Crippen LogP contribution in [0, 0.1) is 0 Å². The number of pyridine rings is 1. The topological polar surface area (TPSA) is 97.8 Å². The van der Waals surface area contributed by atoms with Gasteiger partial charge in [-0.05, 0) is 45.7 Å². The summed E-state index contributed by atoms with van der Waals surface area (Å²) in [6.07, 6.45) is 3.33. The van der Waals surface area contributed by atoms with E-state index in [9.17, 15) is 4.79 Å². The van der Waals surface area contributed by atoms with E-state index in [2.05, 4.69) is 20.3 Å². The number of hydrogen-bond donors (Lipinski definition) is 2. The molecule has 0 atom stereocenters. The molecule has 0 aromatic carbocycles. The van der Waals surface area contributed by atoms with Crippen LogP contribution in [0.25, 0.3) is 5.65 Å². The molecular weight excluding hydrogens is 308 g/mol. The Labute approximate surface area is 141 Å². The Morgan fingerprint density at radius 1 is 1.33 bits per heavy atom. The minimum Gasteiger partial charge on any atom is -0.444 e. The van der Waals surface area contributed by atoms with E-state index in [-0.39, 0.29) is 18.1 Å².